The molecule has 0 N–H and O–H groups in total. The molecule has 0 saturated heterocycles. The van der Waals surface area contributed by atoms with E-state index in [-0.39, 0.29) is 38.0 Å². The largest absolute Gasteiger partial charge is 0.493 e. The van der Waals surface area contributed by atoms with E-state index in [4.69, 9.17) is 37.9 Å². The van der Waals surface area contributed by atoms with E-state index in [0.29, 0.717) is 94.0 Å². The molecule has 1 heterocycles. The van der Waals surface area contributed by atoms with E-state index in [1.807, 2.05) is 97.1 Å². The average Bonchev–Trinajstić information content (AvgIpc) is 3.24. The van der Waals surface area contributed by atoms with Gasteiger partial charge in [-0.05, 0) is 87.1 Å². The normalized spacial score (nSPS) is 19.9. The predicted octanol–water partition coefficient (Wildman–Crippen LogP) is 9.39. The van der Waals surface area contributed by atoms with Crippen molar-refractivity contribution < 1.29 is 47.5 Å². The van der Waals surface area contributed by atoms with Crippen molar-refractivity contribution in [1.29, 1.82) is 0 Å². The molecule has 2 saturated carbocycles. The Morgan fingerprint density at radius 3 is 0.845 bits per heavy atom. The zero-order chi connectivity index (χ0) is 40.4. The molecule has 10 nitrogen and oxygen atoms in total. The molecule has 2 fully saturated rings. The summed E-state index contributed by atoms with van der Waals surface area (Å²) in [5, 5.41) is 0. The molecule has 4 aromatic carbocycles. The van der Waals surface area contributed by atoms with Crippen LogP contribution in [0.5, 0.6) is 46.0 Å². The molecular weight excluding hydrogens is 737 g/mol. The highest BCUT2D eigenvalue weighted by Crippen LogP contribution is 2.40. The first-order chi connectivity index (χ1) is 28.4. The highest BCUT2D eigenvalue weighted by molar-refractivity contribution is 6.15. The number of hydrogen-bond acceptors (Lipinski definition) is 10. The number of carbonyl (C=O) groups is 2. The molecule has 3 aliphatic rings. The number of benzene rings is 4. The molecule has 2 aliphatic carbocycles. The van der Waals surface area contributed by atoms with Crippen LogP contribution in [-0.2, 0) is 9.59 Å². The summed E-state index contributed by atoms with van der Waals surface area (Å²) in [6, 6.07) is 22.4. The molecule has 0 atom stereocenters. The average molecular weight is 785 g/mol. The summed E-state index contributed by atoms with van der Waals surface area (Å²) in [4.78, 5) is 28.2. The van der Waals surface area contributed by atoms with E-state index >= 15 is 0 Å². The summed E-state index contributed by atoms with van der Waals surface area (Å²) >= 11 is 0. The third-order valence-electron chi connectivity index (χ3n) is 10.3. The Bertz CT molecular complexity index is 1980. The summed E-state index contributed by atoms with van der Waals surface area (Å²) in [6.45, 7) is 0.663. The number of fused-ring (bicyclic) bond motifs is 8. The van der Waals surface area contributed by atoms with Gasteiger partial charge in [0, 0.05) is 44.5 Å². The molecule has 0 aromatic heterocycles. The molecule has 10 heteroatoms. The topological polar surface area (TPSA) is 108 Å². The Kier molecular flexibility index (Phi) is 12.8. The first-order valence-electron chi connectivity index (χ1n) is 19.5. The van der Waals surface area contributed by atoms with Crippen molar-refractivity contribution >= 4 is 35.9 Å². The van der Waals surface area contributed by atoms with Gasteiger partial charge < -0.3 is 37.9 Å². The molecule has 0 unspecified atom stereocenters. The molecule has 4 aromatic rings. The van der Waals surface area contributed by atoms with Crippen LogP contribution < -0.4 is 37.9 Å². The lowest BCUT2D eigenvalue weighted by Crippen LogP contribution is -2.14. The quantitative estimate of drug-likeness (QED) is 0.199. The lowest BCUT2D eigenvalue weighted by Gasteiger charge is -2.20. The van der Waals surface area contributed by atoms with Gasteiger partial charge in [-0.3, -0.25) is 9.59 Å². The minimum Gasteiger partial charge on any atom is -0.493 e. The molecule has 58 heavy (non-hydrogen) atoms. The number of Topliss-reactive ketones (excluding diaryl/α,β-unsaturated/α-hetero) is 2. The predicted molar refractivity (Wildman–Crippen MR) is 224 cm³/mol. The molecule has 0 amide bonds. The van der Waals surface area contributed by atoms with E-state index < -0.39 is 0 Å². The van der Waals surface area contributed by atoms with Gasteiger partial charge in [0.2, 0.25) is 0 Å². The third-order valence-corrected chi connectivity index (χ3v) is 10.3. The third kappa shape index (κ3) is 8.76. The van der Waals surface area contributed by atoms with Gasteiger partial charge in [0.15, 0.2) is 57.6 Å². The van der Waals surface area contributed by atoms with Crippen LogP contribution in [0.1, 0.15) is 60.8 Å². The van der Waals surface area contributed by atoms with Crippen molar-refractivity contribution in [2.75, 3.05) is 54.9 Å². The molecule has 0 radical (unpaired) electrons. The first-order valence-corrected chi connectivity index (χ1v) is 19.5. The monoisotopic (exact) mass is 784 g/mol. The van der Waals surface area contributed by atoms with Crippen LogP contribution in [-0.4, -0.2) is 66.4 Å². The number of ether oxygens (including phenoxy) is 8. The lowest BCUT2D eigenvalue weighted by molar-refractivity contribution is -0.113. The maximum Gasteiger partial charge on any atom is 0.185 e. The molecular formula is C48H48O10. The number of para-hydroxylation sites is 4. The van der Waals surface area contributed by atoms with Gasteiger partial charge >= 0.3 is 0 Å². The van der Waals surface area contributed by atoms with Crippen molar-refractivity contribution in [2.45, 2.75) is 38.5 Å². The number of methoxy groups -OCH3 is 4. The van der Waals surface area contributed by atoms with Gasteiger partial charge in [-0.25, -0.2) is 0 Å². The van der Waals surface area contributed by atoms with Gasteiger partial charge in [0.25, 0.3) is 0 Å². The Balaban J connectivity index is 1.30. The van der Waals surface area contributed by atoms with Gasteiger partial charge in [0.05, 0.1) is 28.4 Å². The maximum atomic E-state index is 14.1. The summed E-state index contributed by atoms with van der Waals surface area (Å²) in [6.07, 6.45) is 11.6. The molecule has 300 valence electrons. The van der Waals surface area contributed by atoms with Crippen LogP contribution in [0.2, 0.25) is 0 Å². The highest BCUT2D eigenvalue weighted by Gasteiger charge is 2.25. The maximum absolute atomic E-state index is 14.1. The second-order valence-electron chi connectivity index (χ2n) is 14.0. The zero-order valence-corrected chi connectivity index (χ0v) is 33.4. The van der Waals surface area contributed by atoms with Gasteiger partial charge in [0.1, 0.15) is 26.4 Å². The van der Waals surface area contributed by atoms with E-state index in [1.165, 1.54) is 0 Å². The first kappa shape index (κ1) is 39.8. The molecule has 4 bridgehead atoms. The Morgan fingerprint density at radius 1 is 0.379 bits per heavy atom. The van der Waals surface area contributed by atoms with Gasteiger partial charge in [-0.1, -0.05) is 48.5 Å². The number of ketones is 2. The Hall–Kier alpha value is -6.42. The zero-order valence-electron chi connectivity index (χ0n) is 33.4. The van der Waals surface area contributed by atoms with Crippen molar-refractivity contribution in [3.63, 3.8) is 0 Å². The SMILES string of the molecule is COc1cccc2c1OCCOc1c(cccc1OC)/C=C1\CCC/C(=C/c3cccc(OC)c3OCCOc3c(cccc3OC)/C=C3\CCC/C(=C/2)C3=O)C1=O. The highest BCUT2D eigenvalue weighted by atomic mass is 16.6. The number of rotatable bonds is 4. The fourth-order valence-electron chi connectivity index (χ4n) is 7.53. The molecule has 0 spiro atoms. The minimum atomic E-state index is -0.0409. The van der Waals surface area contributed by atoms with Gasteiger partial charge in [-0.15, -0.1) is 0 Å². The molecule has 1 aliphatic heterocycles. The smallest absolute Gasteiger partial charge is 0.185 e. The number of carbonyl (C=O) groups excluding carboxylic acids is 2. The fraction of sp³-hybridized carbons (Fsp3) is 0.292. The van der Waals surface area contributed by atoms with Crippen LogP contribution in [0, 0.1) is 0 Å². The summed E-state index contributed by atoms with van der Waals surface area (Å²) in [5.41, 5.74) is 5.55. The second-order valence-corrected chi connectivity index (χ2v) is 14.0. The summed E-state index contributed by atoms with van der Waals surface area (Å²) in [7, 11) is 6.34. The Morgan fingerprint density at radius 2 is 0.621 bits per heavy atom. The van der Waals surface area contributed by atoms with Crippen LogP contribution in [0.15, 0.2) is 95.1 Å². The van der Waals surface area contributed by atoms with E-state index in [2.05, 4.69) is 0 Å². The van der Waals surface area contributed by atoms with Crippen molar-refractivity contribution in [3.05, 3.63) is 117 Å². The fourth-order valence-corrected chi connectivity index (χ4v) is 7.53. The number of hydrogen-bond donors (Lipinski definition) is 0. The van der Waals surface area contributed by atoms with E-state index in [9.17, 15) is 9.59 Å². The van der Waals surface area contributed by atoms with Gasteiger partial charge in [-0.2, -0.15) is 0 Å². The van der Waals surface area contributed by atoms with Crippen LogP contribution in [0.3, 0.4) is 0 Å². The second kappa shape index (κ2) is 18.7. The van der Waals surface area contributed by atoms with Crippen molar-refractivity contribution in [3.8, 4) is 46.0 Å². The van der Waals surface area contributed by atoms with Crippen LogP contribution >= 0.6 is 0 Å². The summed E-state index contributed by atoms with van der Waals surface area (Å²) in [5.74, 6) is 4.08. The van der Waals surface area contributed by atoms with Crippen LogP contribution in [0.25, 0.3) is 24.3 Å². The van der Waals surface area contributed by atoms with Crippen LogP contribution in [0.4, 0.5) is 0 Å². The van der Waals surface area contributed by atoms with E-state index in [0.717, 1.165) is 35.1 Å². The van der Waals surface area contributed by atoms with Crippen molar-refractivity contribution in [2.24, 2.45) is 0 Å². The molecule has 7 rings (SSSR count). The van der Waals surface area contributed by atoms with Crippen molar-refractivity contribution in [1.82, 2.24) is 0 Å². The number of allylic oxidation sites excluding steroid dienone is 4. The standard InChI is InChI=1S/C48H48O10/c1-51-39-19-7-15-35-27-31-11-5-12-32(43(31)49)28-37-17-9-21-41(53-3)47(37)57-25-26-58-48-38(18-10-22-42(48)54-4)30-34-14-6-13-33(44(34)50)29-36-16-8-20-40(52-2)46(36)56-24-23-55-45(35)39/h7-10,15-22,27-30H,5-6,11-14,23-26H2,1-4H3/b31-27-,32-28+,33-29+,34-30-. The minimum absolute atomic E-state index is 0.0409. The lowest BCUT2D eigenvalue weighted by atomic mass is 9.86. The Labute approximate surface area is 339 Å². The summed E-state index contributed by atoms with van der Waals surface area (Å²) < 4.78 is 48.2. The van der Waals surface area contributed by atoms with E-state index in [1.54, 1.807) is 28.4 Å².